The number of carbonyl (C=O) groups excluding carboxylic acids is 1. The van der Waals surface area contributed by atoms with Gasteiger partial charge in [-0.2, -0.15) is 0 Å². The quantitative estimate of drug-likeness (QED) is 0.509. The summed E-state index contributed by atoms with van der Waals surface area (Å²) in [7, 11) is 0. The van der Waals surface area contributed by atoms with E-state index in [2.05, 4.69) is 16.0 Å². The minimum atomic E-state index is 0.164. The van der Waals surface area contributed by atoms with E-state index < -0.39 is 0 Å². The predicted molar refractivity (Wildman–Crippen MR) is 57.2 cm³/mol. The molecular formula is C10H21N3O. The van der Waals surface area contributed by atoms with Gasteiger partial charge in [-0.3, -0.25) is 4.79 Å². The van der Waals surface area contributed by atoms with Gasteiger partial charge in [0.15, 0.2) is 0 Å². The minimum Gasteiger partial charge on any atom is -0.356 e. The summed E-state index contributed by atoms with van der Waals surface area (Å²) in [6, 6.07) is 0. The Labute approximate surface area is 85.8 Å². The maximum Gasteiger partial charge on any atom is 0.221 e. The number of hydrogen-bond donors (Lipinski definition) is 3. The van der Waals surface area contributed by atoms with Gasteiger partial charge in [-0.05, 0) is 38.9 Å². The molecule has 0 atom stereocenters. The van der Waals surface area contributed by atoms with E-state index in [9.17, 15) is 4.79 Å². The molecule has 0 unspecified atom stereocenters. The highest BCUT2D eigenvalue weighted by Gasteiger charge is 2.00. The van der Waals surface area contributed by atoms with Gasteiger partial charge < -0.3 is 16.0 Å². The van der Waals surface area contributed by atoms with Crippen LogP contribution in [-0.4, -0.2) is 38.6 Å². The Balaban J connectivity index is 2.15. The fourth-order valence-electron chi connectivity index (χ4n) is 1.48. The molecule has 1 aliphatic rings. The van der Waals surface area contributed by atoms with Crippen molar-refractivity contribution in [3.8, 4) is 0 Å². The van der Waals surface area contributed by atoms with Crippen molar-refractivity contribution in [1.29, 1.82) is 0 Å². The Morgan fingerprint density at radius 1 is 0.786 bits per heavy atom. The number of rotatable bonds is 0. The zero-order chi connectivity index (χ0) is 10.1. The van der Waals surface area contributed by atoms with Crippen LogP contribution in [0.4, 0.5) is 0 Å². The second kappa shape index (κ2) is 7.76. The summed E-state index contributed by atoms with van der Waals surface area (Å²) in [6.45, 7) is 4.73. The summed E-state index contributed by atoms with van der Waals surface area (Å²) in [5.41, 5.74) is 0. The van der Waals surface area contributed by atoms with Gasteiger partial charge in [0, 0.05) is 19.5 Å². The van der Waals surface area contributed by atoms with Crippen LogP contribution in [0, 0.1) is 0 Å². The smallest absolute Gasteiger partial charge is 0.221 e. The molecule has 0 radical (unpaired) electrons. The van der Waals surface area contributed by atoms with E-state index in [1.807, 2.05) is 0 Å². The zero-order valence-electron chi connectivity index (χ0n) is 8.77. The molecule has 1 fully saturated rings. The molecule has 1 heterocycles. The normalized spacial score (nSPS) is 22.7. The highest BCUT2D eigenvalue weighted by Crippen LogP contribution is 1.87. The van der Waals surface area contributed by atoms with E-state index in [-0.39, 0.29) is 5.91 Å². The Morgan fingerprint density at radius 2 is 1.43 bits per heavy atom. The van der Waals surface area contributed by atoms with Gasteiger partial charge in [0.1, 0.15) is 0 Å². The van der Waals surface area contributed by atoms with E-state index >= 15 is 0 Å². The van der Waals surface area contributed by atoms with Crippen LogP contribution in [0.3, 0.4) is 0 Å². The van der Waals surface area contributed by atoms with E-state index in [1.54, 1.807) is 0 Å². The van der Waals surface area contributed by atoms with Crippen molar-refractivity contribution < 1.29 is 4.79 Å². The Hall–Kier alpha value is -0.610. The van der Waals surface area contributed by atoms with Crippen molar-refractivity contribution in [1.82, 2.24) is 16.0 Å². The molecule has 0 aliphatic carbocycles. The Morgan fingerprint density at radius 3 is 2.21 bits per heavy atom. The first-order valence-corrected chi connectivity index (χ1v) is 5.58. The molecule has 0 bridgehead atoms. The number of carbonyl (C=O) groups is 1. The molecule has 0 aromatic carbocycles. The first-order chi connectivity index (χ1) is 6.89. The lowest BCUT2D eigenvalue weighted by molar-refractivity contribution is -0.120. The van der Waals surface area contributed by atoms with E-state index in [0.717, 1.165) is 39.1 Å². The first kappa shape index (κ1) is 11.5. The molecule has 4 heteroatoms. The summed E-state index contributed by atoms with van der Waals surface area (Å²) >= 11 is 0. The van der Waals surface area contributed by atoms with Gasteiger partial charge >= 0.3 is 0 Å². The second-order valence-electron chi connectivity index (χ2n) is 3.66. The third-order valence-electron chi connectivity index (χ3n) is 2.34. The van der Waals surface area contributed by atoms with Crippen molar-refractivity contribution in [2.75, 3.05) is 32.7 Å². The highest BCUT2D eigenvalue weighted by molar-refractivity contribution is 5.75. The SMILES string of the molecule is O=C1CCNCCCCNCCCN1. The molecule has 4 nitrogen and oxygen atoms in total. The van der Waals surface area contributed by atoms with Crippen molar-refractivity contribution in [2.24, 2.45) is 0 Å². The van der Waals surface area contributed by atoms with E-state index in [4.69, 9.17) is 0 Å². The van der Waals surface area contributed by atoms with Crippen LogP contribution in [0.15, 0.2) is 0 Å². The van der Waals surface area contributed by atoms with Crippen molar-refractivity contribution in [2.45, 2.75) is 25.7 Å². The van der Waals surface area contributed by atoms with Crippen LogP contribution in [-0.2, 0) is 4.79 Å². The second-order valence-corrected chi connectivity index (χ2v) is 3.66. The van der Waals surface area contributed by atoms with Crippen LogP contribution in [0.5, 0.6) is 0 Å². The van der Waals surface area contributed by atoms with Gasteiger partial charge in [0.2, 0.25) is 5.91 Å². The van der Waals surface area contributed by atoms with Gasteiger partial charge in [0.05, 0.1) is 0 Å². The minimum absolute atomic E-state index is 0.164. The molecule has 0 aromatic rings. The van der Waals surface area contributed by atoms with Gasteiger partial charge in [-0.25, -0.2) is 0 Å². The summed E-state index contributed by atoms with van der Waals surface area (Å²) in [4.78, 5) is 11.2. The lowest BCUT2D eigenvalue weighted by Crippen LogP contribution is -2.29. The monoisotopic (exact) mass is 199 g/mol. The maximum absolute atomic E-state index is 11.2. The average molecular weight is 199 g/mol. The number of nitrogens with one attached hydrogen (secondary N) is 3. The van der Waals surface area contributed by atoms with Crippen molar-refractivity contribution in [3.63, 3.8) is 0 Å². The molecule has 0 aromatic heterocycles. The molecular weight excluding hydrogens is 178 g/mol. The third-order valence-corrected chi connectivity index (χ3v) is 2.34. The molecule has 82 valence electrons. The van der Waals surface area contributed by atoms with Crippen LogP contribution in [0.25, 0.3) is 0 Å². The van der Waals surface area contributed by atoms with Crippen LogP contribution in [0.1, 0.15) is 25.7 Å². The van der Waals surface area contributed by atoms with Gasteiger partial charge in [-0.15, -0.1) is 0 Å². The predicted octanol–water partition coefficient (Wildman–Crippen LogP) is -0.144. The first-order valence-electron chi connectivity index (χ1n) is 5.58. The zero-order valence-corrected chi connectivity index (χ0v) is 8.77. The lowest BCUT2D eigenvalue weighted by atomic mass is 10.3. The van der Waals surface area contributed by atoms with Crippen LogP contribution >= 0.6 is 0 Å². The topological polar surface area (TPSA) is 53.2 Å². The fraction of sp³-hybridized carbons (Fsp3) is 0.900. The van der Waals surface area contributed by atoms with E-state index in [0.29, 0.717) is 6.42 Å². The maximum atomic E-state index is 11.2. The van der Waals surface area contributed by atoms with E-state index in [1.165, 1.54) is 12.8 Å². The summed E-state index contributed by atoms with van der Waals surface area (Å²) < 4.78 is 0. The summed E-state index contributed by atoms with van der Waals surface area (Å²) in [5, 5.41) is 9.53. The van der Waals surface area contributed by atoms with Crippen LogP contribution < -0.4 is 16.0 Å². The number of amides is 1. The molecule has 3 N–H and O–H groups in total. The number of hydrogen-bond acceptors (Lipinski definition) is 3. The molecule has 0 saturated carbocycles. The van der Waals surface area contributed by atoms with Crippen molar-refractivity contribution >= 4 is 5.91 Å². The molecule has 0 spiro atoms. The fourth-order valence-corrected chi connectivity index (χ4v) is 1.48. The summed E-state index contributed by atoms with van der Waals surface area (Å²) in [6.07, 6.45) is 4.04. The lowest BCUT2D eigenvalue weighted by Gasteiger charge is -2.04. The summed E-state index contributed by atoms with van der Waals surface area (Å²) in [5.74, 6) is 0.164. The molecule has 1 rings (SSSR count). The average Bonchev–Trinajstić information content (AvgIpc) is 2.20. The Kier molecular flexibility index (Phi) is 6.36. The van der Waals surface area contributed by atoms with Gasteiger partial charge in [0.25, 0.3) is 0 Å². The standard InChI is InChI=1S/C10H21N3O/c14-10-4-9-12-6-2-1-5-11-7-3-8-13-10/h11-12H,1-9H2,(H,13,14). The Bertz CT molecular complexity index is 145. The molecule has 1 aliphatic heterocycles. The highest BCUT2D eigenvalue weighted by atomic mass is 16.1. The molecule has 1 saturated heterocycles. The van der Waals surface area contributed by atoms with Crippen molar-refractivity contribution in [3.05, 3.63) is 0 Å². The van der Waals surface area contributed by atoms with Crippen LogP contribution in [0.2, 0.25) is 0 Å². The molecule has 1 amide bonds. The largest absolute Gasteiger partial charge is 0.356 e. The third kappa shape index (κ3) is 5.94. The molecule has 14 heavy (non-hydrogen) atoms. The van der Waals surface area contributed by atoms with Gasteiger partial charge in [-0.1, -0.05) is 0 Å².